The molecule has 0 aromatic rings. The van der Waals surface area contributed by atoms with Crippen LogP contribution >= 0.6 is 0 Å². The number of epoxide rings is 1. The maximum Gasteiger partial charge on any atom is 0.235 e. The predicted octanol–water partition coefficient (Wildman–Crippen LogP) is 0.425. The first-order valence-electron chi connectivity index (χ1n) is 3.41. The van der Waals surface area contributed by atoms with E-state index in [2.05, 4.69) is 0 Å². The summed E-state index contributed by atoms with van der Waals surface area (Å²) in [6.07, 6.45) is 5.19. The van der Waals surface area contributed by atoms with Crippen LogP contribution < -0.4 is 0 Å². The van der Waals surface area contributed by atoms with Gasteiger partial charge in [-0.25, -0.2) is 0 Å². The Hall–Kier alpha value is -1.09. The highest BCUT2D eigenvalue weighted by atomic mass is 16.6. The van der Waals surface area contributed by atoms with Crippen molar-refractivity contribution >= 4 is 5.78 Å². The van der Waals surface area contributed by atoms with Crippen LogP contribution in [0.4, 0.5) is 0 Å². The summed E-state index contributed by atoms with van der Waals surface area (Å²) in [4.78, 5) is 11.4. The summed E-state index contributed by atoms with van der Waals surface area (Å²) in [5.41, 5.74) is -0.653. The van der Waals surface area contributed by atoms with Crippen LogP contribution in [0.5, 0.6) is 0 Å². The number of Topliss-reactive ketones (excluding diaryl/α,β-unsaturated/α-hetero) is 1. The molecule has 1 atom stereocenters. The van der Waals surface area contributed by atoms with E-state index < -0.39 is 5.60 Å². The zero-order chi connectivity index (χ0) is 7.90. The Balaban J connectivity index is 2.31. The van der Waals surface area contributed by atoms with Crippen molar-refractivity contribution in [3.63, 3.8) is 0 Å². The van der Waals surface area contributed by atoms with Crippen molar-refractivity contribution in [2.45, 2.75) is 5.60 Å². The molecule has 1 heterocycles. The van der Waals surface area contributed by atoms with Crippen molar-refractivity contribution in [2.24, 2.45) is 0 Å². The fourth-order valence-corrected chi connectivity index (χ4v) is 1.12. The number of rotatable bonds is 1. The van der Waals surface area contributed by atoms with E-state index >= 15 is 0 Å². The van der Waals surface area contributed by atoms with Gasteiger partial charge in [0.05, 0.1) is 13.7 Å². The third kappa shape index (κ3) is 0.811. The van der Waals surface area contributed by atoms with Gasteiger partial charge >= 0.3 is 0 Å². The Morgan fingerprint density at radius 3 is 3.00 bits per heavy atom. The Kier molecular flexibility index (Phi) is 1.17. The number of hydrogen-bond acceptors (Lipinski definition) is 3. The molecule has 0 bridgehead atoms. The van der Waals surface area contributed by atoms with E-state index in [9.17, 15) is 4.79 Å². The molecule has 0 N–H and O–H groups in total. The molecule has 2 rings (SSSR count). The van der Waals surface area contributed by atoms with E-state index in [0.717, 1.165) is 0 Å². The van der Waals surface area contributed by atoms with Crippen LogP contribution in [0.3, 0.4) is 0 Å². The molecule has 0 amide bonds. The molecule has 1 saturated heterocycles. The number of ketones is 1. The lowest BCUT2D eigenvalue weighted by Gasteiger charge is -2.11. The Labute approximate surface area is 64.3 Å². The molecule has 1 aliphatic carbocycles. The molecular weight excluding hydrogens is 144 g/mol. The van der Waals surface area contributed by atoms with Gasteiger partial charge in [0.1, 0.15) is 0 Å². The monoisotopic (exact) mass is 152 g/mol. The predicted molar refractivity (Wildman–Crippen MR) is 37.9 cm³/mol. The number of ether oxygens (including phenoxy) is 2. The van der Waals surface area contributed by atoms with E-state index in [0.29, 0.717) is 12.4 Å². The molecule has 11 heavy (non-hydrogen) atoms. The van der Waals surface area contributed by atoms with Gasteiger partial charge in [0.25, 0.3) is 0 Å². The number of methoxy groups -OCH3 is 1. The first kappa shape index (κ1) is 6.61. The molecule has 2 aliphatic rings. The van der Waals surface area contributed by atoms with Gasteiger partial charge in [-0.2, -0.15) is 0 Å². The molecular formula is C8H8O3. The zero-order valence-electron chi connectivity index (χ0n) is 6.16. The SMILES string of the molecule is COC1=CC=C[C@]2(CO2)C1=O. The number of carbonyl (C=O) groups is 1. The average molecular weight is 152 g/mol. The van der Waals surface area contributed by atoms with Crippen LogP contribution in [-0.4, -0.2) is 25.1 Å². The first-order valence-corrected chi connectivity index (χ1v) is 3.41. The zero-order valence-corrected chi connectivity index (χ0v) is 6.16. The minimum atomic E-state index is -0.653. The Bertz CT molecular complexity index is 259. The lowest BCUT2D eigenvalue weighted by molar-refractivity contribution is -0.122. The van der Waals surface area contributed by atoms with Gasteiger partial charge in [-0.05, 0) is 12.2 Å². The molecule has 1 aliphatic heterocycles. The maximum absolute atomic E-state index is 11.4. The lowest BCUT2D eigenvalue weighted by atomic mass is 9.99. The molecule has 3 nitrogen and oxygen atoms in total. The van der Waals surface area contributed by atoms with E-state index in [1.165, 1.54) is 7.11 Å². The topological polar surface area (TPSA) is 38.8 Å². The van der Waals surface area contributed by atoms with Crippen LogP contribution in [0.15, 0.2) is 24.0 Å². The van der Waals surface area contributed by atoms with Gasteiger partial charge in [-0.15, -0.1) is 0 Å². The fourth-order valence-electron chi connectivity index (χ4n) is 1.12. The summed E-state index contributed by atoms with van der Waals surface area (Å²) in [6, 6.07) is 0. The number of allylic oxidation sites excluding steroid dienone is 2. The first-order chi connectivity index (χ1) is 5.28. The minimum absolute atomic E-state index is 0.0671. The van der Waals surface area contributed by atoms with Gasteiger partial charge in [0.2, 0.25) is 5.78 Å². The van der Waals surface area contributed by atoms with E-state index in [1.54, 1.807) is 18.2 Å². The summed E-state index contributed by atoms with van der Waals surface area (Å²) in [5.74, 6) is 0.312. The fraction of sp³-hybridized carbons (Fsp3) is 0.375. The summed E-state index contributed by atoms with van der Waals surface area (Å²) in [6.45, 7) is 0.489. The van der Waals surface area contributed by atoms with E-state index in [4.69, 9.17) is 9.47 Å². The van der Waals surface area contributed by atoms with Gasteiger partial charge in [0, 0.05) is 0 Å². The second-order valence-corrected chi connectivity index (χ2v) is 2.60. The molecule has 3 heteroatoms. The summed E-state index contributed by atoms with van der Waals surface area (Å²) < 4.78 is 9.88. The van der Waals surface area contributed by atoms with Gasteiger partial charge in [-0.3, -0.25) is 4.79 Å². The van der Waals surface area contributed by atoms with E-state index in [-0.39, 0.29) is 5.78 Å². The normalized spacial score (nSPS) is 33.9. The molecule has 0 unspecified atom stereocenters. The highest BCUT2D eigenvalue weighted by Crippen LogP contribution is 2.34. The van der Waals surface area contributed by atoms with Crippen molar-refractivity contribution in [1.29, 1.82) is 0 Å². The molecule has 0 aromatic carbocycles. The van der Waals surface area contributed by atoms with Crippen molar-refractivity contribution in [3.8, 4) is 0 Å². The molecule has 58 valence electrons. The van der Waals surface area contributed by atoms with Crippen LogP contribution in [0, 0.1) is 0 Å². The van der Waals surface area contributed by atoms with Gasteiger partial charge < -0.3 is 9.47 Å². The lowest BCUT2D eigenvalue weighted by Crippen LogP contribution is -2.26. The second-order valence-electron chi connectivity index (χ2n) is 2.60. The Morgan fingerprint density at radius 2 is 2.45 bits per heavy atom. The summed E-state index contributed by atoms with van der Waals surface area (Å²) in [5, 5.41) is 0. The maximum atomic E-state index is 11.4. The van der Waals surface area contributed by atoms with Crippen molar-refractivity contribution in [2.75, 3.05) is 13.7 Å². The van der Waals surface area contributed by atoms with Crippen molar-refractivity contribution < 1.29 is 14.3 Å². The van der Waals surface area contributed by atoms with Crippen LogP contribution in [0.25, 0.3) is 0 Å². The number of carbonyl (C=O) groups excluding carboxylic acids is 1. The van der Waals surface area contributed by atoms with Crippen LogP contribution in [0.1, 0.15) is 0 Å². The third-order valence-corrected chi connectivity index (χ3v) is 1.90. The van der Waals surface area contributed by atoms with E-state index in [1.807, 2.05) is 0 Å². The molecule has 0 radical (unpaired) electrons. The molecule has 1 fully saturated rings. The largest absolute Gasteiger partial charge is 0.493 e. The Morgan fingerprint density at radius 1 is 1.73 bits per heavy atom. The molecule has 1 spiro atoms. The van der Waals surface area contributed by atoms with Crippen LogP contribution in [-0.2, 0) is 14.3 Å². The average Bonchev–Trinajstić information content (AvgIpc) is 2.77. The second kappa shape index (κ2) is 1.95. The van der Waals surface area contributed by atoms with Crippen LogP contribution in [0.2, 0.25) is 0 Å². The third-order valence-electron chi connectivity index (χ3n) is 1.90. The van der Waals surface area contributed by atoms with Crippen molar-refractivity contribution in [1.82, 2.24) is 0 Å². The summed E-state index contributed by atoms with van der Waals surface area (Å²) in [7, 11) is 1.49. The molecule has 0 aromatic heterocycles. The van der Waals surface area contributed by atoms with Gasteiger partial charge in [-0.1, -0.05) is 6.08 Å². The minimum Gasteiger partial charge on any atom is -0.493 e. The van der Waals surface area contributed by atoms with Gasteiger partial charge in [0.15, 0.2) is 11.4 Å². The quantitative estimate of drug-likeness (QED) is 0.511. The summed E-state index contributed by atoms with van der Waals surface area (Å²) >= 11 is 0. The number of hydrogen-bond donors (Lipinski definition) is 0. The highest BCUT2D eigenvalue weighted by Gasteiger charge is 2.52. The standard InChI is InChI=1S/C8H8O3/c1-10-6-3-2-4-8(5-11-8)7(6)9/h2-4H,5H2,1H3/t8-/m0/s1. The smallest absolute Gasteiger partial charge is 0.235 e. The van der Waals surface area contributed by atoms with Crippen molar-refractivity contribution in [3.05, 3.63) is 24.0 Å². The molecule has 0 saturated carbocycles. The highest BCUT2D eigenvalue weighted by molar-refractivity contribution is 6.05.